The summed E-state index contributed by atoms with van der Waals surface area (Å²) in [7, 11) is 0. The van der Waals surface area contributed by atoms with Crippen LogP contribution in [0.15, 0.2) is 18.2 Å². The Labute approximate surface area is 125 Å². The number of benzene rings is 1. The number of imide groups is 1. The molecule has 3 rings (SSSR count). The van der Waals surface area contributed by atoms with Crippen LogP contribution in [-0.4, -0.2) is 24.4 Å². The summed E-state index contributed by atoms with van der Waals surface area (Å²) in [6, 6.07) is 6.18. The number of hydrogen-bond donors (Lipinski definition) is 1. The van der Waals surface area contributed by atoms with Gasteiger partial charge in [-0.05, 0) is 42.4 Å². The molecule has 2 aliphatic rings. The Bertz CT molecular complexity index is 580. The number of fused-ring (bicyclic) bond motifs is 1. The highest BCUT2D eigenvalue weighted by Gasteiger charge is 2.34. The number of carbonyl (C=O) groups excluding carboxylic acids is 2. The van der Waals surface area contributed by atoms with Crippen LogP contribution < -0.4 is 10.2 Å². The predicted molar refractivity (Wildman–Crippen MR) is 82.4 cm³/mol. The van der Waals surface area contributed by atoms with Gasteiger partial charge in [0, 0.05) is 18.7 Å². The number of carbonyl (C=O) groups is 2. The smallest absolute Gasteiger partial charge is 0.249 e. The number of nitrogens with zero attached hydrogens (tertiary/aromatic N) is 1. The molecule has 1 unspecified atom stereocenters. The molecule has 1 atom stereocenters. The molecule has 0 aliphatic carbocycles. The fourth-order valence-corrected chi connectivity index (χ4v) is 3.52. The second-order valence-electron chi connectivity index (χ2n) is 6.26. The molecule has 4 heteroatoms. The van der Waals surface area contributed by atoms with Crippen molar-refractivity contribution in [2.75, 3.05) is 11.4 Å². The van der Waals surface area contributed by atoms with E-state index in [1.54, 1.807) is 0 Å². The summed E-state index contributed by atoms with van der Waals surface area (Å²) in [5.41, 5.74) is 3.94. The normalized spacial score (nSPS) is 22.2. The van der Waals surface area contributed by atoms with Crippen LogP contribution in [0.4, 0.5) is 5.69 Å². The highest BCUT2D eigenvalue weighted by atomic mass is 16.2. The van der Waals surface area contributed by atoms with Gasteiger partial charge in [0.05, 0.1) is 0 Å². The summed E-state index contributed by atoms with van der Waals surface area (Å²) in [4.78, 5) is 25.7. The molecule has 0 spiro atoms. The van der Waals surface area contributed by atoms with Gasteiger partial charge in [-0.25, -0.2) is 0 Å². The van der Waals surface area contributed by atoms with E-state index in [2.05, 4.69) is 42.3 Å². The lowest BCUT2D eigenvalue weighted by Gasteiger charge is -2.39. The molecule has 4 nitrogen and oxygen atoms in total. The highest BCUT2D eigenvalue weighted by Crippen LogP contribution is 2.35. The van der Waals surface area contributed by atoms with Gasteiger partial charge in [-0.2, -0.15) is 0 Å². The first kappa shape index (κ1) is 14.1. The van der Waals surface area contributed by atoms with Crippen molar-refractivity contribution in [2.24, 2.45) is 0 Å². The van der Waals surface area contributed by atoms with E-state index in [0.717, 1.165) is 19.4 Å². The van der Waals surface area contributed by atoms with Crippen LogP contribution in [0.2, 0.25) is 0 Å². The molecule has 2 amide bonds. The molecule has 1 N–H and O–H groups in total. The lowest BCUT2D eigenvalue weighted by Crippen LogP contribution is -2.54. The highest BCUT2D eigenvalue weighted by molar-refractivity contribution is 6.01. The van der Waals surface area contributed by atoms with Crippen molar-refractivity contribution in [1.82, 2.24) is 5.32 Å². The van der Waals surface area contributed by atoms with Gasteiger partial charge in [0.2, 0.25) is 11.8 Å². The molecule has 1 saturated heterocycles. The zero-order valence-electron chi connectivity index (χ0n) is 12.7. The molecular weight excluding hydrogens is 264 g/mol. The van der Waals surface area contributed by atoms with Crippen LogP contribution in [0.25, 0.3) is 0 Å². The quantitative estimate of drug-likeness (QED) is 0.849. The Hall–Kier alpha value is -1.84. The van der Waals surface area contributed by atoms with Crippen molar-refractivity contribution in [1.29, 1.82) is 0 Å². The van der Waals surface area contributed by atoms with Crippen molar-refractivity contribution in [3.05, 3.63) is 29.3 Å². The first-order chi connectivity index (χ1) is 10.1. The average Bonchev–Trinajstić information content (AvgIpc) is 2.46. The topological polar surface area (TPSA) is 49.4 Å². The monoisotopic (exact) mass is 286 g/mol. The van der Waals surface area contributed by atoms with Gasteiger partial charge < -0.3 is 4.90 Å². The number of nitrogens with one attached hydrogen (secondary N) is 1. The van der Waals surface area contributed by atoms with E-state index in [0.29, 0.717) is 18.8 Å². The summed E-state index contributed by atoms with van der Waals surface area (Å²) in [6.07, 6.45) is 3.20. The van der Waals surface area contributed by atoms with E-state index in [1.807, 2.05) is 0 Å². The van der Waals surface area contributed by atoms with E-state index in [-0.39, 0.29) is 17.9 Å². The zero-order valence-corrected chi connectivity index (χ0v) is 12.7. The second kappa shape index (κ2) is 5.51. The molecule has 1 fully saturated rings. The Balaban J connectivity index is 1.96. The van der Waals surface area contributed by atoms with Gasteiger partial charge in [0.15, 0.2) is 0 Å². The minimum absolute atomic E-state index is 0.144. The van der Waals surface area contributed by atoms with Gasteiger partial charge in [-0.15, -0.1) is 0 Å². The molecule has 21 heavy (non-hydrogen) atoms. The van der Waals surface area contributed by atoms with Gasteiger partial charge in [0.25, 0.3) is 0 Å². The Morgan fingerprint density at radius 1 is 1.24 bits per heavy atom. The third-order valence-corrected chi connectivity index (χ3v) is 4.53. The molecule has 1 aromatic carbocycles. The summed E-state index contributed by atoms with van der Waals surface area (Å²) in [5.74, 6) is 0.195. The molecule has 2 aliphatic heterocycles. The molecule has 0 radical (unpaired) electrons. The number of rotatable bonds is 2. The molecule has 112 valence electrons. The van der Waals surface area contributed by atoms with E-state index in [4.69, 9.17) is 0 Å². The SMILES string of the molecule is CC(C)c1cccc2c1CCCN2C1CCC(=O)NC1=O. The summed E-state index contributed by atoms with van der Waals surface area (Å²) < 4.78 is 0. The maximum Gasteiger partial charge on any atom is 0.249 e. The second-order valence-corrected chi connectivity index (χ2v) is 6.26. The lowest BCUT2D eigenvalue weighted by molar-refractivity contribution is -0.134. The van der Waals surface area contributed by atoms with Crippen LogP contribution in [0.5, 0.6) is 0 Å². The Morgan fingerprint density at radius 2 is 2.05 bits per heavy atom. The van der Waals surface area contributed by atoms with Crippen molar-refractivity contribution < 1.29 is 9.59 Å². The maximum absolute atomic E-state index is 12.2. The lowest BCUT2D eigenvalue weighted by atomic mass is 9.89. The standard InChI is InChI=1S/C17H22N2O2/c1-11(2)12-5-3-7-14-13(12)6-4-10-19(14)15-8-9-16(20)18-17(15)21/h3,5,7,11,15H,4,6,8-10H2,1-2H3,(H,18,20,21). The third-order valence-electron chi connectivity index (χ3n) is 4.53. The van der Waals surface area contributed by atoms with Gasteiger partial charge in [-0.3, -0.25) is 14.9 Å². The van der Waals surface area contributed by atoms with Crippen LogP contribution in [0, 0.1) is 0 Å². The molecule has 0 saturated carbocycles. The van der Waals surface area contributed by atoms with Gasteiger partial charge >= 0.3 is 0 Å². The predicted octanol–water partition coefficient (Wildman–Crippen LogP) is 2.37. The number of anilines is 1. The van der Waals surface area contributed by atoms with E-state index >= 15 is 0 Å². The van der Waals surface area contributed by atoms with Crippen molar-refractivity contribution in [2.45, 2.75) is 51.5 Å². The van der Waals surface area contributed by atoms with Crippen molar-refractivity contribution in [3.63, 3.8) is 0 Å². The minimum Gasteiger partial charge on any atom is -0.359 e. The molecule has 1 aromatic rings. The van der Waals surface area contributed by atoms with Crippen LogP contribution in [0.3, 0.4) is 0 Å². The molecule has 0 aromatic heterocycles. The maximum atomic E-state index is 12.2. The average molecular weight is 286 g/mol. The van der Waals surface area contributed by atoms with E-state index in [9.17, 15) is 9.59 Å². The van der Waals surface area contributed by atoms with Crippen LogP contribution >= 0.6 is 0 Å². The minimum atomic E-state index is -0.204. The molecular formula is C17H22N2O2. The molecule has 0 bridgehead atoms. The first-order valence-corrected chi connectivity index (χ1v) is 7.80. The van der Waals surface area contributed by atoms with E-state index < -0.39 is 0 Å². The van der Waals surface area contributed by atoms with Crippen LogP contribution in [0.1, 0.15) is 50.2 Å². The fourth-order valence-electron chi connectivity index (χ4n) is 3.52. The molecule has 2 heterocycles. The summed E-state index contributed by atoms with van der Waals surface area (Å²) in [6.45, 7) is 5.31. The number of hydrogen-bond acceptors (Lipinski definition) is 3. The Kier molecular flexibility index (Phi) is 3.70. The number of amides is 2. The first-order valence-electron chi connectivity index (χ1n) is 7.80. The van der Waals surface area contributed by atoms with Crippen molar-refractivity contribution in [3.8, 4) is 0 Å². The third kappa shape index (κ3) is 2.55. The summed E-state index contributed by atoms with van der Waals surface area (Å²) >= 11 is 0. The van der Waals surface area contributed by atoms with E-state index in [1.165, 1.54) is 16.8 Å². The van der Waals surface area contributed by atoms with Gasteiger partial charge in [0.1, 0.15) is 6.04 Å². The van der Waals surface area contributed by atoms with Crippen LogP contribution in [-0.2, 0) is 16.0 Å². The van der Waals surface area contributed by atoms with Gasteiger partial charge in [-0.1, -0.05) is 26.0 Å². The fraction of sp³-hybridized carbons (Fsp3) is 0.529. The largest absolute Gasteiger partial charge is 0.359 e. The zero-order chi connectivity index (χ0) is 15.0. The Morgan fingerprint density at radius 3 is 2.76 bits per heavy atom. The summed E-state index contributed by atoms with van der Waals surface area (Å²) in [5, 5.41) is 2.48. The van der Waals surface area contributed by atoms with Crippen molar-refractivity contribution >= 4 is 17.5 Å². The number of piperidine rings is 1.